The number of benzene rings is 1. The summed E-state index contributed by atoms with van der Waals surface area (Å²) in [6.45, 7) is 7.37. The number of piperidine rings is 1. The van der Waals surface area contributed by atoms with Crippen LogP contribution < -0.4 is 5.32 Å². The fourth-order valence-corrected chi connectivity index (χ4v) is 3.79. The number of alkyl carbamates (subject to hydrolysis) is 1. The van der Waals surface area contributed by atoms with Gasteiger partial charge in [-0.15, -0.1) is 0 Å². The van der Waals surface area contributed by atoms with Crippen molar-refractivity contribution >= 4 is 17.1 Å². The minimum atomic E-state index is -0.355. The van der Waals surface area contributed by atoms with E-state index in [1.165, 1.54) is 16.5 Å². The van der Waals surface area contributed by atoms with Crippen LogP contribution in [-0.2, 0) is 11.3 Å². The number of nitrogens with one attached hydrogen (secondary N) is 1. The number of hydrogen-bond acceptors (Lipinski definition) is 4. The number of fused-ring (bicyclic) bond motifs is 1. The molecule has 5 heteroatoms. The predicted octanol–water partition coefficient (Wildman–Crippen LogP) is 3.12. The van der Waals surface area contributed by atoms with E-state index >= 15 is 0 Å². The molecule has 0 aliphatic carbocycles. The van der Waals surface area contributed by atoms with Gasteiger partial charge in [-0.2, -0.15) is 0 Å². The Morgan fingerprint density at radius 3 is 3.00 bits per heavy atom. The number of aryl methyl sites for hydroxylation is 2. The first-order valence-electron chi connectivity index (χ1n) is 8.23. The zero-order valence-electron chi connectivity index (χ0n) is 13.6. The zero-order valence-corrected chi connectivity index (χ0v) is 13.6. The Morgan fingerprint density at radius 1 is 1.35 bits per heavy atom. The van der Waals surface area contributed by atoms with Gasteiger partial charge in [0.15, 0.2) is 0 Å². The van der Waals surface area contributed by atoms with Crippen molar-refractivity contribution in [3.63, 3.8) is 0 Å². The van der Waals surface area contributed by atoms with Crippen LogP contribution in [0, 0.1) is 13.8 Å². The van der Waals surface area contributed by atoms with Gasteiger partial charge in [-0.05, 0) is 50.9 Å². The van der Waals surface area contributed by atoms with E-state index in [4.69, 9.17) is 9.15 Å². The third-order valence-electron chi connectivity index (χ3n) is 5.04. The molecule has 2 aliphatic rings. The lowest BCUT2D eigenvalue weighted by Crippen LogP contribution is -2.50. The van der Waals surface area contributed by atoms with Gasteiger partial charge in [0.1, 0.15) is 16.9 Å². The molecule has 1 aromatic carbocycles. The van der Waals surface area contributed by atoms with E-state index in [2.05, 4.69) is 36.2 Å². The molecule has 0 radical (unpaired) electrons. The van der Waals surface area contributed by atoms with Crippen LogP contribution in [0.3, 0.4) is 0 Å². The van der Waals surface area contributed by atoms with Crippen LogP contribution in [0.25, 0.3) is 11.0 Å². The topological polar surface area (TPSA) is 54.7 Å². The van der Waals surface area contributed by atoms with Crippen molar-refractivity contribution in [2.75, 3.05) is 19.6 Å². The molecule has 0 bridgehead atoms. The van der Waals surface area contributed by atoms with Crippen LogP contribution in [0.1, 0.15) is 29.7 Å². The van der Waals surface area contributed by atoms with Crippen LogP contribution >= 0.6 is 0 Å². The number of rotatable bonds is 2. The van der Waals surface area contributed by atoms with Crippen LogP contribution in [0.5, 0.6) is 0 Å². The molecule has 5 nitrogen and oxygen atoms in total. The molecule has 2 saturated heterocycles. The van der Waals surface area contributed by atoms with Crippen molar-refractivity contribution in [3.8, 4) is 0 Å². The maximum Gasteiger partial charge on any atom is 0.407 e. The second-order valence-corrected chi connectivity index (χ2v) is 6.89. The number of carbonyl (C=O) groups is 1. The first-order chi connectivity index (χ1) is 11.0. The molecule has 3 heterocycles. The van der Waals surface area contributed by atoms with Crippen molar-refractivity contribution in [3.05, 3.63) is 35.1 Å². The summed E-state index contributed by atoms with van der Waals surface area (Å²) in [4.78, 5) is 13.7. The van der Waals surface area contributed by atoms with Crippen molar-refractivity contribution in [1.29, 1.82) is 0 Å². The summed E-state index contributed by atoms with van der Waals surface area (Å²) >= 11 is 0. The number of nitrogens with zero attached hydrogens (tertiary/aromatic N) is 1. The second kappa shape index (κ2) is 5.27. The molecule has 0 unspecified atom stereocenters. The fourth-order valence-electron chi connectivity index (χ4n) is 3.79. The van der Waals surface area contributed by atoms with E-state index in [1.54, 1.807) is 0 Å². The highest BCUT2D eigenvalue weighted by molar-refractivity contribution is 5.82. The second-order valence-electron chi connectivity index (χ2n) is 6.89. The summed E-state index contributed by atoms with van der Waals surface area (Å²) in [5, 5.41) is 3.99. The number of carbonyl (C=O) groups excluding carboxylic acids is 1. The highest BCUT2D eigenvalue weighted by atomic mass is 16.6. The van der Waals surface area contributed by atoms with Crippen molar-refractivity contribution in [2.24, 2.45) is 0 Å². The third-order valence-corrected chi connectivity index (χ3v) is 5.04. The van der Waals surface area contributed by atoms with Crippen molar-refractivity contribution in [1.82, 2.24) is 10.2 Å². The van der Waals surface area contributed by atoms with Crippen LogP contribution in [0.2, 0.25) is 0 Å². The van der Waals surface area contributed by atoms with E-state index < -0.39 is 0 Å². The average Bonchev–Trinajstić information content (AvgIpc) is 3.01. The van der Waals surface area contributed by atoms with E-state index in [0.29, 0.717) is 6.54 Å². The van der Waals surface area contributed by atoms with Gasteiger partial charge in [0.2, 0.25) is 0 Å². The van der Waals surface area contributed by atoms with Crippen molar-refractivity contribution in [2.45, 2.75) is 38.8 Å². The molecule has 2 fully saturated rings. The Hall–Kier alpha value is -2.01. The third kappa shape index (κ3) is 2.59. The predicted molar refractivity (Wildman–Crippen MR) is 87.4 cm³/mol. The van der Waals surface area contributed by atoms with Gasteiger partial charge in [0.05, 0.1) is 13.1 Å². The van der Waals surface area contributed by atoms with Gasteiger partial charge in [-0.1, -0.05) is 11.6 Å². The molecule has 1 spiro atoms. The minimum absolute atomic E-state index is 0.290. The number of ether oxygens (including phenoxy) is 1. The number of likely N-dealkylation sites (tertiary alicyclic amines) is 1. The smallest absolute Gasteiger partial charge is 0.407 e. The SMILES string of the molecule is Cc1ccc2oc(CN3CCC[C@]4(CNC(=O)O4)C3)c(C)c2c1. The lowest BCUT2D eigenvalue weighted by Gasteiger charge is -2.37. The van der Waals surface area contributed by atoms with E-state index in [1.807, 2.05) is 6.07 Å². The lowest BCUT2D eigenvalue weighted by atomic mass is 9.93. The van der Waals surface area contributed by atoms with Crippen LogP contribution in [-0.4, -0.2) is 36.2 Å². The molecule has 0 saturated carbocycles. The molecular formula is C18H22N2O3. The summed E-state index contributed by atoms with van der Waals surface area (Å²) in [6.07, 6.45) is 1.68. The van der Waals surface area contributed by atoms with Crippen molar-refractivity contribution < 1.29 is 13.9 Å². The average molecular weight is 314 g/mol. The Kier molecular flexibility index (Phi) is 3.34. The Bertz CT molecular complexity index is 767. The Morgan fingerprint density at radius 2 is 2.22 bits per heavy atom. The molecule has 1 aromatic heterocycles. The summed E-state index contributed by atoms with van der Waals surface area (Å²) in [6, 6.07) is 6.30. The summed E-state index contributed by atoms with van der Waals surface area (Å²) < 4.78 is 11.6. The van der Waals surface area contributed by atoms with Gasteiger partial charge in [-0.25, -0.2) is 4.79 Å². The highest BCUT2D eigenvalue weighted by Gasteiger charge is 2.43. The van der Waals surface area contributed by atoms with Gasteiger partial charge in [0.25, 0.3) is 0 Å². The first kappa shape index (κ1) is 14.6. The number of hydrogen-bond donors (Lipinski definition) is 1. The molecule has 1 atom stereocenters. The van der Waals surface area contributed by atoms with Gasteiger partial charge >= 0.3 is 6.09 Å². The molecule has 1 N–H and O–H groups in total. The maximum atomic E-state index is 11.4. The normalized spacial score (nSPS) is 25.0. The minimum Gasteiger partial charge on any atom is -0.459 e. The van der Waals surface area contributed by atoms with Crippen LogP contribution in [0.4, 0.5) is 4.79 Å². The summed E-state index contributed by atoms with van der Waals surface area (Å²) in [5.74, 6) is 1.01. The zero-order chi connectivity index (χ0) is 16.0. The number of furan rings is 1. The Balaban J connectivity index is 1.56. The molecule has 2 aliphatic heterocycles. The molecule has 122 valence electrons. The molecule has 2 aromatic rings. The first-order valence-corrected chi connectivity index (χ1v) is 8.23. The maximum absolute atomic E-state index is 11.4. The number of amides is 1. The molecule has 1 amide bonds. The summed E-state index contributed by atoms with van der Waals surface area (Å²) in [7, 11) is 0. The summed E-state index contributed by atoms with van der Waals surface area (Å²) in [5.41, 5.74) is 3.05. The highest BCUT2D eigenvalue weighted by Crippen LogP contribution is 2.31. The monoisotopic (exact) mass is 314 g/mol. The Labute approximate surface area is 135 Å². The van der Waals surface area contributed by atoms with Crippen LogP contribution in [0.15, 0.2) is 22.6 Å². The molecule has 23 heavy (non-hydrogen) atoms. The quantitative estimate of drug-likeness (QED) is 0.925. The van der Waals surface area contributed by atoms with Gasteiger partial charge in [0, 0.05) is 11.9 Å². The van der Waals surface area contributed by atoms with E-state index in [9.17, 15) is 4.79 Å². The van der Waals surface area contributed by atoms with Gasteiger partial charge < -0.3 is 14.5 Å². The van der Waals surface area contributed by atoms with Gasteiger partial charge in [-0.3, -0.25) is 4.90 Å². The van der Waals surface area contributed by atoms with E-state index in [-0.39, 0.29) is 11.7 Å². The van der Waals surface area contributed by atoms with E-state index in [0.717, 1.165) is 43.8 Å². The lowest BCUT2D eigenvalue weighted by molar-refractivity contribution is -0.0127. The molecular weight excluding hydrogens is 292 g/mol. The largest absolute Gasteiger partial charge is 0.459 e. The standard InChI is InChI=1S/C18H22N2O3/c1-12-4-5-15-14(8-12)13(2)16(22-15)9-20-7-3-6-18(11-20)10-19-17(21)23-18/h4-5,8H,3,6-7,9-11H2,1-2H3,(H,19,21)/t18-/m0/s1. The molecule has 4 rings (SSSR count). The fraction of sp³-hybridized carbons (Fsp3) is 0.500.